The fourth-order valence-corrected chi connectivity index (χ4v) is 2.57. The van der Waals surface area contributed by atoms with Gasteiger partial charge in [-0.1, -0.05) is 33.6 Å². The second kappa shape index (κ2) is 7.87. The predicted molar refractivity (Wildman–Crippen MR) is 78.1 cm³/mol. The minimum absolute atomic E-state index is 0.160. The van der Waals surface area contributed by atoms with Gasteiger partial charge < -0.3 is 10.4 Å². The van der Waals surface area contributed by atoms with E-state index in [-0.39, 0.29) is 5.41 Å². The minimum atomic E-state index is 0.160. The average molecular weight is 270 g/mol. The normalized spacial score (nSPS) is 12.0. The van der Waals surface area contributed by atoms with Gasteiger partial charge in [0.25, 0.3) is 0 Å². The van der Waals surface area contributed by atoms with Crippen LogP contribution in [0, 0.1) is 0 Å². The maximum Gasteiger partial charge on any atom is 0.0982 e. The van der Waals surface area contributed by atoms with Gasteiger partial charge in [-0.05, 0) is 19.4 Å². The highest BCUT2D eigenvalue weighted by Crippen LogP contribution is 2.25. The van der Waals surface area contributed by atoms with E-state index in [0.29, 0.717) is 6.61 Å². The van der Waals surface area contributed by atoms with Crippen LogP contribution in [0.5, 0.6) is 0 Å². The van der Waals surface area contributed by atoms with E-state index in [4.69, 9.17) is 5.11 Å². The van der Waals surface area contributed by atoms with Crippen LogP contribution in [0.1, 0.15) is 57.2 Å². The molecule has 18 heavy (non-hydrogen) atoms. The van der Waals surface area contributed by atoms with Crippen molar-refractivity contribution in [2.24, 2.45) is 0 Å². The summed E-state index contributed by atoms with van der Waals surface area (Å²) in [6.07, 6.45) is 4.43. The van der Waals surface area contributed by atoms with E-state index in [0.717, 1.165) is 31.6 Å². The maximum atomic E-state index is 8.66. The van der Waals surface area contributed by atoms with E-state index in [2.05, 4.69) is 36.5 Å². The Bertz CT molecular complexity index is 331. The minimum Gasteiger partial charge on any atom is -0.396 e. The Morgan fingerprint density at radius 3 is 2.56 bits per heavy atom. The lowest BCUT2D eigenvalue weighted by Crippen LogP contribution is -2.16. The quantitative estimate of drug-likeness (QED) is 0.714. The van der Waals surface area contributed by atoms with Crippen LogP contribution in [0.3, 0.4) is 0 Å². The number of unbranched alkanes of at least 4 members (excludes halogenated alkanes) is 3. The van der Waals surface area contributed by atoms with Crippen LogP contribution in [0.25, 0.3) is 0 Å². The highest BCUT2D eigenvalue weighted by molar-refractivity contribution is 7.09. The third kappa shape index (κ3) is 5.94. The SMILES string of the molecule is CC(C)(C)c1nc(CNCCCCCCO)cs1. The lowest BCUT2D eigenvalue weighted by molar-refractivity contribution is 0.282. The number of aliphatic hydroxyl groups is 1. The third-order valence-corrected chi connectivity index (χ3v) is 4.08. The third-order valence-electron chi connectivity index (χ3n) is 2.76. The van der Waals surface area contributed by atoms with Crippen LogP contribution < -0.4 is 5.32 Å². The van der Waals surface area contributed by atoms with Crippen molar-refractivity contribution < 1.29 is 5.11 Å². The van der Waals surface area contributed by atoms with Gasteiger partial charge in [-0.2, -0.15) is 0 Å². The molecule has 0 aliphatic carbocycles. The Morgan fingerprint density at radius 2 is 1.94 bits per heavy atom. The van der Waals surface area contributed by atoms with Crippen LogP contribution in [-0.4, -0.2) is 23.2 Å². The molecule has 1 aromatic rings. The van der Waals surface area contributed by atoms with E-state index in [1.807, 2.05) is 0 Å². The molecule has 1 rings (SSSR count). The molecule has 0 amide bonds. The summed E-state index contributed by atoms with van der Waals surface area (Å²) in [5, 5.41) is 15.5. The summed E-state index contributed by atoms with van der Waals surface area (Å²) in [7, 11) is 0. The van der Waals surface area contributed by atoms with Crippen molar-refractivity contribution in [3.8, 4) is 0 Å². The first-order valence-corrected chi connectivity index (χ1v) is 7.68. The summed E-state index contributed by atoms with van der Waals surface area (Å²) >= 11 is 1.75. The second-order valence-electron chi connectivity index (χ2n) is 5.71. The van der Waals surface area contributed by atoms with E-state index in [9.17, 15) is 0 Å². The van der Waals surface area contributed by atoms with Crippen molar-refractivity contribution in [2.45, 2.75) is 58.4 Å². The summed E-state index contributed by atoms with van der Waals surface area (Å²) in [4.78, 5) is 4.65. The Kier molecular flexibility index (Phi) is 6.82. The van der Waals surface area contributed by atoms with Gasteiger partial charge in [0, 0.05) is 23.9 Å². The smallest absolute Gasteiger partial charge is 0.0982 e. The molecule has 0 aromatic carbocycles. The number of thiazole rings is 1. The van der Waals surface area contributed by atoms with E-state index >= 15 is 0 Å². The maximum absolute atomic E-state index is 8.66. The van der Waals surface area contributed by atoms with Crippen molar-refractivity contribution >= 4 is 11.3 Å². The molecule has 0 bridgehead atoms. The van der Waals surface area contributed by atoms with Crippen molar-refractivity contribution in [1.82, 2.24) is 10.3 Å². The number of aromatic nitrogens is 1. The Hall–Kier alpha value is -0.450. The molecule has 104 valence electrons. The molecule has 0 aliphatic rings. The number of rotatable bonds is 8. The second-order valence-corrected chi connectivity index (χ2v) is 6.57. The molecular weight excluding hydrogens is 244 g/mol. The first-order valence-electron chi connectivity index (χ1n) is 6.80. The lowest BCUT2D eigenvalue weighted by atomic mass is 9.98. The number of nitrogens with zero attached hydrogens (tertiary/aromatic N) is 1. The van der Waals surface area contributed by atoms with Crippen molar-refractivity contribution in [1.29, 1.82) is 0 Å². The molecule has 3 nitrogen and oxygen atoms in total. The monoisotopic (exact) mass is 270 g/mol. The molecule has 0 spiro atoms. The zero-order chi connectivity index (χ0) is 13.4. The number of hydrogen-bond acceptors (Lipinski definition) is 4. The summed E-state index contributed by atoms with van der Waals surface area (Å²) in [6.45, 7) is 8.82. The zero-order valence-corrected chi connectivity index (χ0v) is 12.6. The lowest BCUT2D eigenvalue weighted by Gasteiger charge is -2.13. The molecule has 0 aliphatic heterocycles. The predicted octanol–water partition coefficient (Wildman–Crippen LogP) is 3.08. The van der Waals surface area contributed by atoms with Crippen molar-refractivity contribution in [2.75, 3.05) is 13.2 Å². The van der Waals surface area contributed by atoms with E-state index < -0.39 is 0 Å². The first kappa shape index (κ1) is 15.6. The highest BCUT2D eigenvalue weighted by Gasteiger charge is 2.17. The van der Waals surface area contributed by atoms with Crippen LogP contribution in [0.15, 0.2) is 5.38 Å². The van der Waals surface area contributed by atoms with Crippen molar-refractivity contribution in [3.63, 3.8) is 0 Å². The van der Waals surface area contributed by atoms with Gasteiger partial charge in [0.1, 0.15) is 0 Å². The highest BCUT2D eigenvalue weighted by atomic mass is 32.1. The van der Waals surface area contributed by atoms with Crippen LogP contribution in [0.2, 0.25) is 0 Å². The van der Waals surface area contributed by atoms with Gasteiger partial charge in [0.2, 0.25) is 0 Å². The number of nitrogens with one attached hydrogen (secondary N) is 1. The topological polar surface area (TPSA) is 45.2 Å². The fraction of sp³-hybridized carbons (Fsp3) is 0.786. The van der Waals surface area contributed by atoms with Gasteiger partial charge in [0.05, 0.1) is 10.7 Å². The van der Waals surface area contributed by atoms with Gasteiger partial charge in [-0.15, -0.1) is 11.3 Å². The van der Waals surface area contributed by atoms with E-state index in [1.165, 1.54) is 17.8 Å². The largest absolute Gasteiger partial charge is 0.396 e. The van der Waals surface area contributed by atoms with Crippen molar-refractivity contribution in [3.05, 3.63) is 16.1 Å². The Labute approximate surface area is 115 Å². The molecule has 2 N–H and O–H groups in total. The van der Waals surface area contributed by atoms with Crippen LogP contribution in [0.4, 0.5) is 0 Å². The van der Waals surface area contributed by atoms with E-state index in [1.54, 1.807) is 11.3 Å². The molecular formula is C14H26N2OS. The molecule has 0 unspecified atom stereocenters. The summed E-state index contributed by atoms with van der Waals surface area (Å²) in [6, 6.07) is 0. The van der Waals surface area contributed by atoms with Crippen LogP contribution >= 0.6 is 11.3 Å². The first-order chi connectivity index (χ1) is 8.54. The molecule has 1 aromatic heterocycles. The summed E-state index contributed by atoms with van der Waals surface area (Å²) in [5.41, 5.74) is 1.31. The number of aliphatic hydroxyl groups excluding tert-OH is 1. The molecule has 0 atom stereocenters. The molecule has 0 saturated heterocycles. The Morgan fingerprint density at radius 1 is 1.22 bits per heavy atom. The van der Waals surface area contributed by atoms with Crippen LogP contribution in [-0.2, 0) is 12.0 Å². The number of hydrogen-bond donors (Lipinski definition) is 2. The van der Waals surface area contributed by atoms with Gasteiger partial charge in [0.15, 0.2) is 0 Å². The Balaban J connectivity index is 2.14. The average Bonchev–Trinajstić information content (AvgIpc) is 2.76. The van der Waals surface area contributed by atoms with Gasteiger partial charge in [-0.25, -0.2) is 4.98 Å². The summed E-state index contributed by atoms with van der Waals surface area (Å²) < 4.78 is 0. The molecule has 1 heterocycles. The van der Waals surface area contributed by atoms with Gasteiger partial charge >= 0.3 is 0 Å². The zero-order valence-electron chi connectivity index (χ0n) is 11.8. The standard InChI is InChI=1S/C14H26N2OS/c1-14(2,3)13-16-12(11-18-13)10-15-8-6-4-5-7-9-17/h11,15,17H,4-10H2,1-3H3. The van der Waals surface area contributed by atoms with Gasteiger partial charge in [-0.3, -0.25) is 0 Å². The molecule has 0 radical (unpaired) electrons. The molecule has 4 heteroatoms. The molecule has 0 fully saturated rings. The fourth-order valence-electron chi connectivity index (χ4n) is 1.66. The molecule has 0 saturated carbocycles. The summed E-state index contributed by atoms with van der Waals surface area (Å²) in [5.74, 6) is 0.